The smallest absolute Gasteiger partial charge is 0.163 e. The molecule has 9 atom stereocenters. The van der Waals surface area contributed by atoms with Gasteiger partial charge in [0.2, 0.25) is 0 Å². The molecule has 0 bridgehead atoms. The lowest BCUT2D eigenvalue weighted by Crippen LogP contribution is -2.62. The Hall–Kier alpha value is -0.450. The van der Waals surface area contributed by atoms with Gasteiger partial charge in [0.15, 0.2) is 5.79 Å². The average Bonchev–Trinajstić information content (AvgIpc) is 2.78. The van der Waals surface area contributed by atoms with Crippen LogP contribution in [0.25, 0.3) is 0 Å². The van der Waals surface area contributed by atoms with Crippen LogP contribution < -0.4 is 0 Å². The highest BCUT2D eigenvalue weighted by molar-refractivity contribution is 5.87. The molecular formula is C22H34O4. The molecule has 1 heterocycles. The highest BCUT2D eigenvalue weighted by Crippen LogP contribution is 2.67. The van der Waals surface area contributed by atoms with Crippen LogP contribution in [0.2, 0.25) is 0 Å². The van der Waals surface area contributed by atoms with Gasteiger partial charge in [0.05, 0.1) is 18.3 Å². The summed E-state index contributed by atoms with van der Waals surface area (Å²) in [5.74, 6) is 1.80. The molecule has 146 valence electrons. The van der Waals surface area contributed by atoms with E-state index in [0.29, 0.717) is 29.5 Å². The molecule has 1 saturated heterocycles. The maximum Gasteiger partial charge on any atom is 0.163 e. The summed E-state index contributed by atoms with van der Waals surface area (Å²) in [5.41, 5.74) is -0.160. The first-order valence-electron chi connectivity index (χ1n) is 10.7. The lowest BCUT2D eigenvalue weighted by molar-refractivity contribution is -0.261. The maximum absolute atomic E-state index is 12.8. The third kappa shape index (κ3) is 2.15. The van der Waals surface area contributed by atoms with Crippen LogP contribution in [-0.4, -0.2) is 35.0 Å². The van der Waals surface area contributed by atoms with E-state index in [1.165, 1.54) is 6.42 Å². The fourth-order valence-corrected chi connectivity index (χ4v) is 8.14. The van der Waals surface area contributed by atoms with Gasteiger partial charge in [0, 0.05) is 23.7 Å². The molecule has 5 fully saturated rings. The Balaban J connectivity index is 1.63. The molecule has 0 unspecified atom stereocenters. The number of carbonyl (C=O) groups is 1. The molecule has 1 aliphatic heterocycles. The molecule has 5 rings (SSSR count). The van der Waals surface area contributed by atoms with Crippen LogP contribution in [0.1, 0.15) is 72.6 Å². The third-order valence-corrected chi connectivity index (χ3v) is 9.19. The van der Waals surface area contributed by atoms with Gasteiger partial charge in [-0.3, -0.25) is 4.79 Å². The van der Waals surface area contributed by atoms with Crippen LogP contribution in [-0.2, 0) is 14.3 Å². The zero-order chi connectivity index (χ0) is 18.5. The van der Waals surface area contributed by atoms with Crippen molar-refractivity contribution in [2.24, 2.45) is 34.5 Å². The predicted octanol–water partition coefficient (Wildman–Crippen LogP) is 3.70. The monoisotopic (exact) mass is 362 g/mol. The van der Waals surface area contributed by atoms with Crippen molar-refractivity contribution in [3.05, 3.63) is 0 Å². The number of Topliss-reactive ketones (excluding diaryl/α,β-unsaturated/α-hetero) is 1. The summed E-state index contributed by atoms with van der Waals surface area (Å²) < 4.78 is 13.1. The topological polar surface area (TPSA) is 55.8 Å². The van der Waals surface area contributed by atoms with Crippen molar-refractivity contribution >= 4 is 5.78 Å². The van der Waals surface area contributed by atoms with Crippen molar-refractivity contribution in [1.29, 1.82) is 0 Å². The van der Waals surface area contributed by atoms with Crippen LogP contribution in [0.3, 0.4) is 0 Å². The fraction of sp³-hybridized carbons (Fsp3) is 0.955. The minimum absolute atomic E-state index is 0.0468. The van der Waals surface area contributed by atoms with E-state index in [2.05, 4.69) is 13.8 Å². The Morgan fingerprint density at radius 2 is 1.81 bits per heavy atom. The van der Waals surface area contributed by atoms with Crippen molar-refractivity contribution in [3.63, 3.8) is 0 Å². The summed E-state index contributed by atoms with van der Waals surface area (Å²) in [5, 5.41) is 10.5. The average molecular weight is 363 g/mol. The lowest BCUT2D eigenvalue weighted by Gasteiger charge is -2.62. The number of carbonyl (C=O) groups excluding carboxylic acids is 1. The molecule has 0 spiro atoms. The van der Waals surface area contributed by atoms with E-state index in [9.17, 15) is 9.90 Å². The summed E-state index contributed by atoms with van der Waals surface area (Å²) in [7, 11) is 0. The second kappa shape index (κ2) is 5.33. The van der Waals surface area contributed by atoms with E-state index in [-0.39, 0.29) is 29.1 Å². The fourth-order valence-electron chi connectivity index (χ4n) is 8.14. The van der Waals surface area contributed by atoms with Crippen molar-refractivity contribution < 1.29 is 19.4 Å². The van der Waals surface area contributed by atoms with Gasteiger partial charge >= 0.3 is 0 Å². The van der Waals surface area contributed by atoms with Crippen LogP contribution in [0.5, 0.6) is 0 Å². The number of fused-ring (bicyclic) bond motifs is 2. The second-order valence-corrected chi connectivity index (χ2v) is 10.8. The van der Waals surface area contributed by atoms with E-state index < -0.39 is 5.79 Å². The molecule has 1 N–H and O–H groups in total. The lowest BCUT2D eigenvalue weighted by atomic mass is 9.43. The van der Waals surface area contributed by atoms with Crippen molar-refractivity contribution in [3.8, 4) is 0 Å². The Morgan fingerprint density at radius 1 is 1.04 bits per heavy atom. The molecular weight excluding hydrogens is 328 g/mol. The second-order valence-electron chi connectivity index (χ2n) is 10.8. The molecule has 0 aromatic rings. The summed E-state index contributed by atoms with van der Waals surface area (Å²) in [4.78, 5) is 12.8. The normalized spacial score (nSPS) is 57.9. The molecule has 26 heavy (non-hydrogen) atoms. The minimum atomic E-state index is -0.660. The van der Waals surface area contributed by atoms with E-state index in [0.717, 1.165) is 38.5 Å². The van der Waals surface area contributed by atoms with E-state index in [1.807, 2.05) is 13.8 Å². The number of rotatable bonds is 0. The molecule has 0 amide bonds. The number of aliphatic hydroxyl groups is 1. The predicted molar refractivity (Wildman–Crippen MR) is 97.3 cm³/mol. The summed E-state index contributed by atoms with van der Waals surface area (Å²) in [6.07, 6.45) is 6.48. The van der Waals surface area contributed by atoms with E-state index in [1.54, 1.807) is 0 Å². The first kappa shape index (κ1) is 17.6. The van der Waals surface area contributed by atoms with Gasteiger partial charge in [-0.2, -0.15) is 0 Å². The Morgan fingerprint density at radius 3 is 2.58 bits per heavy atom. The van der Waals surface area contributed by atoms with Gasteiger partial charge < -0.3 is 14.6 Å². The largest absolute Gasteiger partial charge is 0.393 e. The molecule has 5 aliphatic rings. The molecule has 0 aromatic heterocycles. The van der Waals surface area contributed by atoms with E-state index in [4.69, 9.17) is 9.47 Å². The van der Waals surface area contributed by atoms with Gasteiger partial charge in [-0.15, -0.1) is 0 Å². The molecule has 4 nitrogen and oxygen atoms in total. The first-order chi connectivity index (χ1) is 12.1. The van der Waals surface area contributed by atoms with Gasteiger partial charge in [0.25, 0.3) is 0 Å². The molecule has 0 aromatic carbocycles. The third-order valence-electron chi connectivity index (χ3n) is 9.19. The standard InChI is InChI=1S/C22H34O4/c1-20(2)25-16-11-21(3)15(7-8-17(21)24)14-6-5-12-9-13(23)10-18(26-20)22(12,4)19(14)16/h12-16,18-19,23H,5-11H2,1-4H3/t12-,13+,14-,15-,16+,18+,19+,21-,22+/m0/s1. The first-order valence-corrected chi connectivity index (χ1v) is 10.7. The highest BCUT2D eigenvalue weighted by Gasteiger charge is 2.68. The number of ether oxygens (including phenoxy) is 2. The van der Waals surface area contributed by atoms with Crippen molar-refractivity contribution in [2.45, 2.75) is 96.7 Å². The molecule has 0 radical (unpaired) electrons. The minimum Gasteiger partial charge on any atom is -0.393 e. The number of ketones is 1. The molecule has 4 aliphatic carbocycles. The van der Waals surface area contributed by atoms with Crippen LogP contribution in [0.4, 0.5) is 0 Å². The van der Waals surface area contributed by atoms with Gasteiger partial charge in [-0.25, -0.2) is 0 Å². The SMILES string of the molecule is CC1(C)O[C@@H]2C[C@]3(C)C(=O)CC[C@H]3[C@@H]3CC[C@H]4C[C@@H](O)C[C@@H](O1)[C@]4(C)[C@H]32. The Kier molecular flexibility index (Phi) is 3.61. The van der Waals surface area contributed by atoms with E-state index >= 15 is 0 Å². The maximum atomic E-state index is 12.8. The number of aliphatic hydroxyl groups excluding tert-OH is 1. The quantitative estimate of drug-likeness (QED) is 0.714. The van der Waals surface area contributed by atoms with Crippen LogP contribution in [0.15, 0.2) is 0 Å². The van der Waals surface area contributed by atoms with Crippen molar-refractivity contribution in [2.75, 3.05) is 0 Å². The molecule has 4 saturated carbocycles. The number of hydrogen-bond donors (Lipinski definition) is 1. The zero-order valence-electron chi connectivity index (χ0n) is 16.7. The Labute approximate surface area is 157 Å². The van der Waals surface area contributed by atoms with Crippen molar-refractivity contribution in [1.82, 2.24) is 0 Å². The Bertz CT molecular complexity index is 630. The van der Waals surface area contributed by atoms with Crippen LogP contribution in [0, 0.1) is 34.5 Å². The van der Waals surface area contributed by atoms with Gasteiger partial charge in [0.1, 0.15) is 5.78 Å². The highest BCUT2D eigenvalue weighted by atomic mass is 16.7. The number of hydrogen-bond acceptors (Lipinski definition) is 4. The summed E-state index contributed by atoms with van der Waals surface area (Å²) in [6, 6.07) is 0. The zero-order valence-corrected chi connectivity index (χ0v) is 16.7. The summed E-state index contributed by atoms with van der Waals surface area (Å²) in [6.45, 7) is 8.66. The van der Waals surface area contributed by atoms with Gasteiger partial charge in [-0.05, 0) is 69.6 Å². The van der Waals surface area contributed by atoms with Crippen LogP contribution >= 0.6 is 0 Å². The molecule has 4 heteroatoms. The summed E-state index contributed by atoms with van der Waals surface area (Å²) >= 11 is 0. The van der Waals surface area contributed by atoms with Gasteiger partial charge in [-0.1, -0.05) is 13.8 Å².